The van der Waals surface area contributed by atoms with Gasteiger partial charge < -0.3 is 11.1 Å². The van der Waals surface area contributed by atoms with Gasteiger partial charge in [-0.25, -0.2) is 0 Å². The highest BCUT2D eigenvalue weighted by molar-refractivity contribution is 5.81. The number of likely N-dealkylation sites (tertiary alicyclic amines) is 1. The molecule has 1 saturated heterocycles. The van der Waals surface area contributed by atoms with Gasteiger partial charge in [-0.1, -0.05) is 6.92 Å². The molecular weight excluding hydrogens is 154 g/mol. The van der Waals surface area contributed by atoms with Crippen LogP contribution in [0.25, 0.3) is 0 Å². The van der Waals surface area contributed by atoms with Crippen LogP contribution in [0.5, 0.6) is 0 Å². The molecule has 1 aliphatic heterocycles. The summed E-state index contributed by atoms with van der Waals surface area (Å²) >= 11 is 0. The molecule has 3 N–H and O–H groups in total. The standard InChI is InChI=1S/C8H17N3O/c1-3-11-4-7(5-11)10-8(12)6(2)9/h6-7H,3-5,9H2,1-2H3,(H,10,12). The molecule has 4 nitrogen and oxygen atoms in total. The molecule has 0 aromatic rings. The number of hydrogen-bond donors (Lipinski definition) is 2. The van der Waals surface area contributed by atoms with Gasteiger partial charge in [0, 0.05) is 13.1 Å². The largest absolute Gasteiger partial charge is 0.349 e. The number of hydrogen-bond acceptors (Lipinski definition) is 3. The Kier molecular flexibility index (Phi) is 3.05. The summed E-state index contributed by atoms with van der Waals surface area (Å²) in [6.07, 6.45) is 0. The average molecular weight is 171 g/mol. The lowest BCUT2D eigenvalue weighted by molar-refractivity contribution is -0.123. The van der Waals surface area contributed by atoms with Crippen molar-refractivity contribution in [1.29, 1.82) is 0 Å². The third kappa shape index (κ3) is 2.19. The van der Waals surface area contributed by atoms with Gasteiger partial charge in [0.1, 0.15) is 0 Å². The predicted octanol–water partition coefficient (Wildman–Crippen LogP) is -0.846. The fourth-order valence-electron chi connectivity index (χ4n) is 1.25. The van der Waals surface area contributed by atoms with Crippen LogP contribution in [0.2, 0.25) is 0 Å². The van der Waals surface area contributed by atoms with Crippen LogP contribution in [-0.4, -0.2) is 42.5 Å². The highest BCUT2D eigenvalue weighted by atomic mass is 16.2. The van der Waals surface area contributed by atoms with Crippen molar-refractivity contribution < 1.29 is 4.79 Å². The lowest BCUT2D eigenvalue weighted by atomic mass is 10.1. The van der Waals surface area contributed by atoms with Gasteiger partial charge in [0.15, 0.2) is 0 Å². The second-order valence-corrected chi connectivity index (χ2v) is 3.35. The highest BCUT2D eigenvalue weighted by Gasteiger charge is 2.26. The molecule has 1 amide bonds. The molecule has 0 aromatic carbocycles. The van der Waals surface area contributed by atoms with Crippen molar-refractivity contribution in [3.05, 3.63) is 0 Å². The van der Waals surface area contributed by atoms with Crippen molar-refractivity contribution in [1.82, 2.24) is 10.2 Å². The Morgan fingerprint density at radius 1 is 1.75 bits per heavy atom. The van der Waals surface area contributed by atoms with Gasteiger partial charge in [-0.15, -0.1) is 0 Å². The summed E-state index contributed by atoms with van der Waals surface area (Å²) in [5.41, 5.74) is 5.40. The first-order chi connectivity index (χ1) is 5.63. The zero-order valence-electron chi connectivity index (χ0n) is 7.71. The topological polar surface area (TPSA) is 58.4 Å². The Morgan fingerprint density at radius 2 is 2.33 bits per heavy atom. The van der Waals surface area contributed by atoms with Gasteiger partial charge >= 0.3 is 0 Å². The van der Waals surface area contributed by atoms with Crippen molar-refractivity contribution in [2.24, 2.45) is 5.73 Å². The van der Waals surface area contributed by atoms with Crippen LogP contribution < -0.4 is 11.1 Å². The highest BCUT2D eigenvalue weighted by Crippen LogP contribution is 2.05. The molecule has 12 heavy (non-hydrogen) atoms. The summed E-state index contributed by atoms with van der Waals surface area (Å²) in [7, 11) is 0. The first kappa shape index (κ1) is 9.48. The molecule has 4 heteroatoms. The SMILES string of the molecule is CCN1CC(NC(=O)C(C)N)C1. The Balaban J connectivity index is 2.14. The molecular formula is C8H17N3O. The number of nitrogens with two attached hydrogens (primary N) is 1. The van der Waals surface area contributed by atoms with Crippen LogP contribution in [0.15, 0.2) is 0 Å². The minimum absolute atomic E-state index is 0.0456. The summed E-state index contributed by atoms with van der Waals surface area (Å²) in [4.78, 5) is 13.4. The molecule has 1 rings (SSSR count). The van der Waals surface area contributed by atoms with E-state index in [0.717, 1.165) is 19.6 Å². The molecule has 0 aliphatic carbocycles. The van der Waals surface area contributed by atoms with Crippen LogP contribution >= 0.6 is 0 Å². The van der Waals surface area contributed by atoms with Crippen LogP contribution in [0.4, 0.5) is 0 Å². The Hall–Kier alpha value is -0.610. The van der Waals surface area contributed by atoms with Crippen molar-refractivity contribution in [2.45, 2.75) is 25.9 Å². The van der Waals surface area contributed by atoms with Gasteiger partial charge in [0.25, 0.3) is 0 Å². The number of nitrogens with zero attached hydrogens (tertiary/aromatic N) is 1. The summed E-state index contributed by atoms with van der Waals surface area (Å²) in [5.74, 6) is -0.0456. The Morgan fingerprint density at radius 3 is 2.75 bits per heavy atom. The maximum Gasteiger partial charge on any atom is 0.236 e. The molecule has 1 atom stereocenters. The number of likely N-dealkylation sites (N-methyl/N-ethyl adjacent to an activating group) is 1. The zero-order valence-corrected chi connectivity index (χ0v) is 7.71. The summed E-state index contributed by atoms with van der Waals surface area (Å²) in [6, 6.07) is -0.0656. The first-order valence-electron chi connectivity index (χ1n) is 4.41. The van der Waals surface area contributed by atoms with Crippen LogP contribution in [0.3, 0.4) is 0 Å². The fourth-order valence-corrected chi connectivity index (χ4v) is 1.25. The van der Waals surface area contributed by atoms with Crippen LogP contribution in [0.1, 0.15) is 13.8 Å². The van der Waals surface area contributed by atoms with E-state index in [1.165, 1.54) is 0 Å². The molecule has 70 valence electrons. The number of rotatable bonds is 3. The second kappa shape index (κ2) is 3.87. The monoisotopic (exact) mass is 171 g/mol. The maximum atomic E-state index is 11.1. The zero-order chi connectivity index (χ0) is 9.14. The number of amides is 1. The number of carbonyl (C=O) groups excluding carboxylic acids is 1. The molecule has 0 saturated carbocycles. The smallest absolute Gasteiger partial charge is 0.236 e. The van der Waals surface area contributed by atoms with E-state index < -0.39 is 0 Å². The van der Waals surface area contributed by atoms with E-state index >= 15 is 0 Å². The molecule has 0 radical (unpaired) electrons. The lowest BCUT2D eigenvalue weighted by Crippen LogP contribution is -2.60. The van der Waals surface area contributed by atoms with Gasteiger partial charge in [-0.2, -0.15) is 0 Å². The maximum absolute atomic E-state index is 11.1. The molecule has 1 heterocycles. The second-order valence-electron chi connectivity index (χ2n) is 3.35. The third-order valence-electron chi connectivity index (χ3n) is 2.16. The molecule has 1 fully saturated rings. The number of carbonyl (C=O) groups is 1. The van der Waals surface area contributed by atoms with E-state index in [1.807, 2.05) is 0 Å². The van der Waals surface area contributed by atoms with Crippen molar-refractivity contribution in [3.63, 3.8) is 0 Å². The fraction of sp³-hybridized carbons (Fsp3) is 0.875. The summed E-state index contributed by atoms with van der Waals surface area (Å²) < 4.78 is 0. The van der Waals surface area contributed by atoms with Gasteiger partial charge in [-0.05, 0) is 13.5 Å². The molecule has 1 unspecified atom stereocenters. The van der Waals surface area contributed by atoms with E-state index in [2.05, 4.69) is 17.1 Å². The summed E-state index contributed by atoms with van der Waals surface area (Å²) in [5, 5.41) is 2.87. The van der Waals surface area contributed by atoms with E-state index in [0.29, 0.717) is 6.04 Å². The molecule has 0 bridgehead atoms. The van der Waals surface area contributed by atoms with E-state index in [1.54, 1.807) is 6.92 Å². The van der Waals surface area contributed by atoms with E-state index in [-0.39, 0.29) is 11.9 Å². The minimum atomic E-state index is -0.388. The Bertz CT molecular complexity index is 164. The predicted molar refractivity (Wildman–Crippen MR) is 47.7 cm³/mol. The molecule has 0 spiro atoms. The summed E-state index contributed by atoms with van der Waals surface area (Å²) in [6.45, 7) is 6.81. The minimum Gasteiger partial charge on any atom is -0.349 e. The van der Waals surface area contributed by atoms with Crippen molar-refractivity contribution in [3.8, 4) is 0 Å². The van der Waals surface area contributed by atoms with E-state index in [4.69, 9.17) is 5.73 Å². The van der Waals surface area contributed by atoms with Crippen molar-refractivity contribution in [2.75, 3.05) is 19.6 Å². The first-order valence-corrected chi connectivity index (χ1v) is 4.41. The number of nitrogens with one attached hydrogen (secondary N) is 1. The van der Waals surface area contributed by atoms with E-state index in [9.17, 15) is 4.79 Å². The lowest BCUT2D eigenvalue weighted by Gasteiger charge is -2.39. The molecule has 1 aliphatic rings. The van der Waals surface area contributed by atoms with Crippen LogP contribution in [0, 0.1) is 0 Å². The Labute approximate surface area is 73.1 Å². The van der Waals surface area contributed by atoms with Gasteiger partial charge in [0.05, 0.1) is 12.1 Å². The van der Waals surface area contributed by atoms with Crippen molar-refractivity contribution >= 4 is 5.91 Å². The average Bonchev–Trinajstić information content (AvgIpc) is 1.94. The third-order valence-corrected chi connectivity index (χ3v) is 2.16. The normalized spacial score (nSPS) is 21.6. The van der Waals surface area contributed by atoms with Crippen LogP contribution in [-0.2, 0) is 4.79 Å². The molecule has 0 aromatic heterocycles. The quantitative estimate of drug-likeness (QED) is 0.582. The van der Waals surface area contributed by atoms with Gasteiger partial charge in [-0.3, -0.25) is 9.69 Å². The van der Waals surface area contributed by atoms with Gasteiger partial charge in [0.2, 0.25) is 5.91 Å².